The van der Waals surface area contributed by atoms with Crippen LogP contribution >= 0.6 is 0 Å². The molecule has 0 aromatic heterocycles. The van der Waals surface area contributed by atoms with E-state index in [9.17, 15) is 9.59 Å². The summed E-state index contributed by atoms with van der Waals surface area (Å²) in [6, 6.07) is 5.82. The molecular weight excluding hydrogens is 276 g/mol. The second-order valence-corrected chi connectivity index (χ2v) is 6.42. The fourth-order valence-corrected chi connectivity index (χ4v) is 2.93. The SMILES string of the molecule is Cc1ccc(C(=O)NCC(=O)N[C@H]2CCCC[C@@H]2C)cc1C. The van der Waals surface area contributed by atoms with Gasteiger partial charge in [0.2, 0.25) is 5.91 Å². The van der Waals surface area contributed by atoms with E-state index in [1.54, 1.807) is 6.07 Å². The van der Waals surface area contributed by atoms with Crippen molar-refractivity contribution in [3.05, 3.63) is 34.9 Å². The van der Waals surface area contributed by atoms with Gasteiger partial charge in [0.05, 0.1) is 6.54 Å². The first-order chi connectivity index (χ1) is 10.5. The predicted octanol–water partition coefficient (Wildman–Crippen LogP) is 2.73. The fraction of sp³-hybridized carbons (Fsp3) is 0.556. The average molecular weight is 302 g/mol. The molecular formula is C18H26N2O2. The van der Waals surface area contributed by atoms with E-state index in [0.29, 0.717) is 11.5 Å². The normalized spacial score (nSPS) is 21.2. The molecule has 4 heteroatoms. The monoisotopic (exact) mass is 302 g/mol. The van der Waals surface area contributed by atoms with Crippen LogP contribution in [0.15, 0.2) is 18.2 Å². The van der Waals surface area contributed by atoms with Gasteiger partial charge in [-0.05, 0) is 55.9 Å². The van der Waals surface area contributed by atoms with Gasteiger partial charge in [0, 0.05) is 11.6 Å². The van der Waals surface area contributed by atoms with Crippen LogP contribution in [-0.2, 0) is 4.79 Å². The van der Waals surface area contributed by atoms with Crippen molar-refractivity contribution >= 4 is 11.8 Å². The van der Waals surface area contributed by atoms with Gasteiger partial charge in [-0.2, -0.15) is 0 Å². The molecule has 22 heavy (non-hydrogen) atoms. The largest absolute Gasteiger partial charge is 0.352 e. The lowest BCUT2D eigenvalue weighted by Crippen LogP contribution is -2.45. The van der Waals surface area contributed by atoms with E-state index >= 15 is 0 Å². The molecule has 2 atom stereocenters. The first-order valence-corrected chi connectivity index (χ1v) is 8.12. The van der Waals surface area contributed by atoms with Crippen LogP contribution in [0, 0.1) is 19.8 Å². The third-order valence-electron chi connectivity index (χ3n) is 4.64. The molecule has 1 aliphatic rings. The summed E-state index contributed by atoms with van der Waals surface area (Å²) in [5, 5.41) is 5.74. The lowest BCUT2D eigenvalue weighted by atomic mass is 9.86. The Morgan fingerprint density at radius 1 is 1.14 bits per heavy atom. The van der Waals surface area contributed by atoms with Gasteiger partial charge in [-0.3, -0.25) is 9.59 Å². The van der Waals surface area contributed by atoms with Crippen molar-refractivity contribution in [3.63, 3.8) is 0 Å². The predicted molar refractivity (Wildman–Crippen MR) is 87.8 cm³/mol. The van der Waals surface area contributed by atoms with Gasteiger partial charge in [-0.25, -0.2) is 0 Å². The molecule has 0 saturated heterocycles. The van der Waals surface area contributed by atoms with Crippen molar-refractivity contribution in [2.24, 2.45) is 5.92 Å². The molecule has 0 aliphatic heterocycles. The summed E-state index contributed by atoms with van der Waals surface area (Å²) in [5.74, 6) is 0.221. The molecule has 1 fully saturated rings. The number of amides is 2. The van der Waals surface area contributed by atoms with Gasteiger partial charge < -0.3 is 10.6 Å². The molecule has 120 valence electrons. The molecule has 0 unspecified atom stereocenters. The van der Waals surface area contributed by atoms with Gasteiger partial charge in [-0.1, -0.05) is 25.8 Å². The third kappa shape index (κ3) is 4.33. The second-order valence-electron chi connectivity index (χ2n) is 6.42. The van der Waals surface area contributed by atoms with Crippen LogP contribution < -0.4 is 10.6 Å². The summed E-state index contributed by atoms with van der Waals surface area (Å²) in [4.78, 5) is 24.1. The highest BCUT2D eigenvalue weighted by atomic mass is 16.2. The van der Waals surface area contributed by atoms with Crippen LogP contribution in [0.5, 0.6) is 0 Å². The van der Waals surface area contributed by atoms with Crippen LogP contribution in [0.25, 0.3) is 0 Å². The Kier molecular flexibility index (Phi) is 5.58. The zero-order chi connectivity index (χ0) is 16.1. The van der Waals surface area contributed by atoms with Crippen LogP contribution in [0.2, 0.25) is 0 Å². The molecule has 4 nitrogen and oxygen atoms in total. The smallest absolute Gasteiger partial charge is 0.251 e. The van der Waals surface area contributed by atoms with E-state index in [2.05, 4.69) is 17.6 Å². The highest BCUT2D eigenvalue weighted by molar-refractivity contribution is 5.96. The number of carbonyl (C=O) groups is 2. The van der Waals surface area contributed by atoms with E-state index in [1.165, 1.54) is 19.3 Å². The number of aryl methyl sites for hydroxylation is 2. The number of hydrogen-bond acceptors (Lipinski definition) is 2. The van der Waals surface area contributed by atoms with Gasteiger partial charge in [0.25, 0.3) is 5.91 Å². The van der Waals surface area contributed by atoms with E-state index in [-0.39, 0.29) is 24.4 Å². The highest BCUT2D eigenvalue weighted by Gasteiger charge is 2.22. The van der Waals surface area contributed by atoms with Crippen molar-refractivity contribution in [2.45, 2.75) is 52.5 Å². The molecule has 1 aromatic carbocycles. The molecule has 2 amide bonds. The minimum absolute atomic E-state index is 0.0367. The molecule has 1 saturated carbocycles. The van der Waals surface area contributed by atoms with Crippen molar-refractivity contribution in [1.82, 2.24) is 10.6 Å². The summed E-state index contributed by atoms with van der Waals surface area (Å²) in [5.41, 5.74) is 2.83. The zero-order valence-electron chi connectivity index (χ0n) is 13.7. The van der Waals surface area contributed by atoms with Crippen LogP contribution in [0.3, 0.4) is 0 Å². The summed E-state index contributed by atoms with van der Waals surface area (Å²) in [6.45, 7) is 6.20. The Balaban J connectivity index is 1.82. The van der Waals surface area contributed by atoms with Crippen molar-refractivity contribution in [2.75, 3.05) is 6.54 Å². The second kappa shape index (κ2) is 7.43. The maximum Gasteiger partial charge on any atom is 0.251 e. The minimum atomic E-state index is -0.199. The zero-order valence-corrected chi connectivity index (χ0v) is 13.7. The van der Waals surface area contributed by atoms with Crippen molar-refractivity contribution < 1.29 is 9.59 Å². The first-order valence-electron chi connectivity index (χ1n) is 8.12. The maximum absolute atomic E-state index is 12.1. The van der Waals surface area contributed by atoms with E-state index < -0.39 is 0 Å². The number of nitrogens with one attached hydrogen (secondary N) is 2. The third-order valence-corrected chi connectivity index (χ3v) is 4.64. The molecule has 1 aliphatic carbocycles. The molecule has 0 bridgehead atoms. The Bertz CT molecular complexity index is 554. The Morgan fingerprint density at radius 2 is 1.86 bits per heavy atom. The first kappa shape index (κ1) is 16.5. The lowest BCUT2D eigenvalue weighted by Gasteiger charge is -2.29. The quantitative estimate of drug-likeness (QED) is 0.898. The molecule has 2 rings (SSSR count). The van der Waals surface area contributed by atoms with Crippen LogP contribution in [0.1, 0.15) is 54.1 Å². The van der Waals surface area contributed by atoms with Crippen molar-refractivity contribution in [1.29, 1.82) is 0 Å². The molecule has 0 radical (unpaired) electrons. The van der Waals surface area contributed by atoms with Gasteiger partial charge in [0.15, 0.2) is 0 Å². The summed E-state index contributed by atoms with van der Waals surface area (Å²) >= 11 is 0. The van der Waals surface area contributed by atoms with Gasteiger partial charge in [-0.15, -0.1) is 0 Å². The summed E-state index contributed by atoms with van der Waals surface area (Å²) < 4.78 is 0. The minimum Gasteiger partial charge on any atom is -0.352 e. The summed E-state index contributed by atoms with van der Waals surface area (Å²) in [6.07, 6.45) is 4.62. The van der Waals surface area contributed by atoms with E-state index in [4.69, 9.17) is 0 Å². The molecule has 0 spiro atoms. The lowest BCUT2D eigenvalue weighted by molar-refractivity contribution is -0.121. The number of hydrogen-bond donors (Lipinski definition) is 2. The summed E-state index contributed by atoms with van der Waals surface area (Å²) in [7, 11) is 0. The molecule has 2 N–H and O–H groups in total. The van der Waals surface area contributed by atoms with E-state index in [0.717, 1.165) is 17.5 Å². The highest BCUT2D eigenvalue weighted by Crippen LogP contribution is 2.23. The molecule has 1 aromatic rings. The number of rotatable bonds is 4. The topological polar surface area (TPSA) is 58.2 Å². The number of carbonyl (C=O) groups excluding carboxylic acids is 2. The Morgan fingerprint density at radius 3 is 2.55 bits per heavy atom. The van der Waals surface area contributed by atoms with Crippen LogP contribution in [0.4, 0.5) is 0 Å². The Hall–Kier alpha value is -1.84. The number of benzene rings is 1. The fourth-order valence-electron chi connectivity index (χ4n) is 2.93. The molecule has 0 heterocycles. The standard InChI is InChI=1S/C18H26N2O2/c1-12-8-9-15(10-14(12)3)18(22)19-11-17(21)20-16-7-5-4-6-13(16)2/h8-10,13,16H,4-7,11H2,1-3H3,(H,19,22)(H,20,21)/t13-,16-/m0/s1. The van der Waals surface area contributed by atoms with Crippen LogP contribution in [-0.4, -0.2) is 24.4 Å². The maximum atomic E-state index is 12.1. The Labute approximate surface area is 132 Å². The van der Waals surface area contributed by atoms with Gasteiger partial charge in [0.1, 0.15) is 0 Å². The average Bonchev–Trinajstić information content (AvgIpc) is 2.50. The van der Waals surface area contributed by atoms with E-state index in [1.807, 2.05) is 26.0 Å². The van der Waals surface area contributed by atoms with Crippen molar-refractivity contribution in [3.8, 4) is 0 Å². The van der Waals surface area contributed by atoms with Gasteiger partial charge >= 0.3 is 0 Å².